The lowest BCUT2D eigenvalue weighted by Crippen LogP contribution is -2.55. The van der Waals surface area contributed by atoms with Crippen LogP contribution in [0, 0.1) is 11.2 Å². The van der Waals surface area contributed by atoms with Crippen molar-refractivity contribution in [1.29, 1.82) is 0 Å². The highest BCUT2D eigenvalue weighted by Gasteiger charge is 2.55. The van der Waals surface area contributed by atoms with Crippen molar-refractivity contribution in [2.45, 2.75) is 44.6 Å². The van der Waals surface area contributed by atoms with Crippen molar-refractivity contribution in [3.63, 3.8) is 0 Å². The first kappa shape index (κ1) is 19.2. The van der Waals surface area contributed by atoms with Gasteiger partial charge in [-0.2, -0.15) is 5.10 Å². The van der Waals surface area contributed by atoms with Crippen LogP contribution in [-0.2, 0) is 20.7 Å². The molecule has 0 amide bonds. The maximum absolute atomic E-state index is 13.4. The molecule has 5 rings (SSSR count). The van der Waals surface area contributed by atoms with E-state index < -0.39 is 0 Å². The second kappa shape index (κ2) is 6.91. The standard InChI is InChI=1S/C24H25FN2O3/c1-23-13-17-14-26-27(20-7-5-19(25)6-8-20)21(17)12-18(23)4-3-10-24(23)11-9-16(15-30-24)22(28)29-2/h5-9,12,14H,3-4,10-11,13,15H2,1-2H3/t23-,24+/m0/s1. The third-order valence-electron chi connectivity index (χ3n) is 7.18. The first-order valence-electron chi connectivity index (χ1n) is 10.4. The molecule has 1 aliphatic heterocycles. The summed E-state index contributed by atoms with van der Waals surface area (Å²) in [6.45, 7) is 2.57. The summed E-state index contributed by atoms with van der Waals surface area (Å²) in [5.41, 5.74) is 4.55. The molecule has 3 aliphatic rings. The van der Waals surface area contributed by atoms with Gasteiger partial charge in [0.1, 0.15) is 5.82 Å². The Morgan fingerprint density at radius 2 is 2.10 bits per heavy atom. The number of ether oxygens (including phenoxy) is 2. The van der Waals surface area contributed by atoms with Gasteiger partial charge in [-0.15, -0.1) is 0 Å². The molecular formula is C24H25FN2O3. The zero-order valence-electron chi connectivity index (χ0n) is 17.3. The normalized spacial score (nSPS) is 27.7. The molecule has 1 saturated carbocycles. The van der Waals surface area contributed by atoms with Crippen molar-refractivity contribution in [2.75, 3.05) is 13.7 Å². The number of carbonyl (C=O) groups excluding carboxylic acids is 1. The van der Waals surface area contributed by atoms with E-state index in [1.807, 2.05) is 17.0 Å². The summed E-state index contributed by atoms with van der Waals surface area (Å²) < 4.78 is 26.6. The van der Waals surface area contributed by atoms with Crippen molar-refractivity contribution >= 4 is 12.0 Å². The highest BCUT2D eigenvalue weighted by atomic mass is 19.1. The number of rotatable bonds is 2. The van der Waals surface area contributed by atoms with Crippen LogP contribution in [-0.4, -0.2) is 35.1 Å². The van der Waals surface area contributed by atoms with Gasteiger partial charge in [-0.3, -0.25) is 0 Å². The summed E-state index contributed by atoms with van der Waals surface area (Å²) in [7, 11) is 1.40. The van der Waals surface area contributed by atoms with Crippen LogP contribution in [0.5, 0.6) is 0 Å². The average Bonchev–Trinajstić information content (AvgIpc) is 3.16. The fraction of sp³-hybridized carbons (Fsp3) is 0.417. The van der Waals surface area contributed by atoms with E-state index in [0.717, 1.165) is 42.6 Å². The van der Waals surface area contributed by atoms with E-state index in [1.165, 1.54) is 24.8 Å². The Morgan fingerprint density at radius 3 is 2.80 bits per heavy atom. The summed E-state index contributed by atoms with van der Waals surface area (Å²) in [6, 6.07) is 6.42. The van der Waals surface area contributed by atoms with Gasteiger partial charge in [-0.25, -0.2) is 13.9 Å². The van der Waals surface area contributed by atoms with Crippen LogP contribution in [0.25, 0.3) is 11.8 Å². The molecule has 1 fully saturated rings. The first-order valence-corrected chi connectivity index (χ1v) is 10.4. The van der Waals surface area contributed by atoms with Gasteiger partial charge < -0.3 is 9.47 Å². The summed E-state index contributed by atoms with van der Waals surface area (Å²) in [6.07, 6.45) is 10.7. The molecule has 0 unspecified atom stereocenters. The Balaban J connectivity index is 1.52. The van der Waals surface area contributed by atoms with Gasteiger partial charge in [0.15, 0.2) is 0 Å². The lowest BCUT2D eigenvalue weighted by atomic mass is 9.55. The lowest BCUT2D eigenvalue weighted by molar-refractivity contribution is -0.146. The Hall–Kier alpha value is -2.73. The quantitative estimate of drug-likeness (QED) is 0.691. The summed E-state index contributed by atoms with van der Waals surface area (Å²) in [5.74, 6) is -0.568. The number of hydrogen-bond donors (Lipinski definition) is 0. The van der Waals surface area contributed by atoms with Gasteiger partial charge in [0.25, 0.3) is 0 Å². The van der Waals surface area contributed by atoms with E-state index in [4.69, 9.17) is 9.47 Å². The van der Waals surface area contributed by atoms with Crippen LogP contribution in [0.15, 0.2) is 47.7 Å². The largest absolute Gasteiger partial charge is 0.466 e. The predicted molar refractivity (Wildman–Crippen MR) is 111 cm³/mol. The highest BCUT2D eigenvalue weighted by molar-refractivity contribution is 5.88. The number of benzene rings is 1. The zero-order chi connectivity index (χ0) is 20.9. The van der Waals surface area contributed by atoms with Crippen molar-refractivity contribution in [3.8, 4) is 5.69 Å². The predicted octanol–water partition coefficient (Wildman–Crippen LogP) is 4.40. The molecular weight excluding hydrogens is 383 g/mol. The van der Waals surface area contributed by atoms with E-state index in [1.54, 1.807) is 12.1 Å². The highest BCUT2D eigenvalue weighted by Crippen LogP contribution is 2.57. The molecule has 6 heteroatoms. The fourth-order valence-corrected chi connectivity index (χ4v) is 5.38. The summed E-state index contributed by atoms with van der Waals surface area (Å²) in [5, 5.41) is 4.60. The molecule has 2 aliphatic carbocycles. The zero-order valence-corrected chi connectivity index (χ0v) is 17.3. The monoisotopic (exact) mass is 408 g/mol. The smallest absolute Gasteiger partial charge is 0.335 e. The molecule has 2 heterocycles. The van der Waals surface area contributed by atoms with Crippen LogP contribution in [0.3, 0.4) is 0 Å². The minimum atomic E-state index is -0.329. The van der Waals surface area contributed by atoms with Crippen molar-refractivity contribution in [2.24, 2.45) is 5.41 Å². The van der Waals surface area contributed by atoms with Gasteiger partial charge in [-0.05, 0) is 68.0 Å². The molecule has 0 N–H and O–H groups in total. The molecule has 30 heavy (non-hydrogen) atoms. The van der Waals surface area contributed by atoms with Crippen LogP contribution < -0.4 is 0 Å². The second-order valence-electron chi connectivity index (χ2n) is 8.68. The number of nitrogens with zero attached hydrogens (tertiary/aromatic N) is 2. The van der Waals surface area contributed by atoms with Crippen LogP contribution in [0.1, 0.15) is 43.9 Å². The van der Waals surface area contributed by atoms with Crippen LogP contribution >= 0.6 is 0 Å². The van der Waals surface area contributed by atoms with E-state index in [2.05, 4.69) is 18.1 Å². The average molecular weight is 408 g/mol. The van der Waals surface area contributed by atoms with Crippen molar-refractivity contribution < 1.29 is 18.7 Å². The summed E-state index contributed by atoms with van der Waals surface area (Å²) in [4.78, 5) is 11.9. The van der Waals surface area contributed by atoms with Crippen LogP contribution in [0.4, 0.5) is 4.39 Å². The molecule has 156 valence electrons. The lowest BCUT2D eigenvalue weighted by Gasteiger charge is -2.55. The molecule has 0 bridgehead atoms. The van der Waals surface area contributed by atoms with Gasteiger partial charge in [0, 0.05) is 5.41 Å². The molecule has 2 atom stereocenters. The molecule has 1 aromatic carbocycles. The number of fused-ring (bicyclic) bond motifs is 3. The van der Waals surface area contributed by atoms with E-state index in [9.17, 15) is 9.18 Å². The van der Waals surface area contributed by atoms with Gasteiger partial charge in [-0.1, -0.05) is 18.6 Å². The van der Waals surface area contributed by atoms with Gasteiger partial charge >= 0.3 is 5.97 Å². The summed E-state index contributed by atoms with van der Waals surface area (Å²) >= 11 is 0. The minimum absolute atomic E-state index is 0.160. The minimum Gasteiger partial charge on any atom is -0.466 e. The maximum Gasteiger partial charge on any atom is 0.335 e. The van der Waals surface area contributed by atoms with Gasteiger partial charge in [0.2, 0.25) is 0 Å². The second-order valence-corrected chi connectivity index (χ2v) is 8.68. The van der Waals surface area contributed by atoms with E-state index in [0.29, 0.717) is 12.0 Å². The number of hydrogen-bond acceptors (Lipinski definition) is 4. The fourth-order valence-electron chi connectivity index (χ4n) is 5.38. The molecule has 5 nitrogen and oxygen atoms in total. The number of carbonyl (C=O) groups is 1. The number of esters is 1. The molecule has 0 saturated heterocycles. The number of methoxy groups -OCH3 is 1. The SMILES string of the molecule is COC(=O)C1=CC[C@@]2(CCCC3=Cc4c(cnn4-c4ccc(F)cc4)C[C@@]32C)OC1. The molecule has 1 aromatic heterocycles. The third-order valence-corrected chi connectivity index (χ3v) is 7.18. The Morgan fingerprint density at radius 1 is 1.30 bits per heavy atom. The van der Waals surface area contributed by atoms with Gasteiger partial charge in [0.05, 0.1) is 42.5 Å². The van der Waals surface area contributed by atoms with E-state index in [-0.39, 0.29) is 29.4 Å². The topological polar surface area (TPSA) is 53.3 Å². The molecule has 2 aromatic rings. The Bertz CT molecular complexity index is 1070. The number of aromatic nitrogens is 2. The Kier molecular flexibility index (Phi) is 4.43. The first-order chi connectivity index (χ1) is 14.5. The maximum atomic E-state index is 13.4. The molecule has 1 spiro atoms. The third kappa shape index (κ3) is 2.77. The Labute approximate surface area is 175 Å². The van der Waals surface area contributed by atoms with E-state index >= 15 is 0 Å². The van der Waals surface area contributed by atoms with Crippen LogP contribution in [0.2, 0.25) is 0 Å². The molecule has 0 radical (unpaired) electrons. The van der Waals surface area contributed by atoms with Crippen molar-refractivity contribution in [1.82, 2.24) is 9.78 Å². The van der Waals surface area contributed by atoms with Crippen molar-refractivity contribution in [3.05, 3.63) is 64.8 Å². The number of halogens is 1.